The Bertz CT molecular complexity index is 516. The zero-order valence-electron chi connectivity index (χ0n) is 11.2. The highest BCUT2D eigenvalue weighted by molar-refractivity contribution is 7.99. The third-order valence-corrected chi connectivity index (χ3v) is 4.44. The molecule has 1 heterocycles. The van der Waals surface area contributed by atoms with E-state index in [4.69, 9.17) is 0 Å². The first-order valence-corrected chi connectivity index (χ1v) is 7.62. The van der Waals surface area contributed by atoms with Crippen LogP contribution in [0.1, 0.15) is 23.2 Å². The maximum Gasteiger partial charge on any atom is 0.293 e. The van der Waals surface area contributed by atoms with Gasteiger partial charge in [0.1, 0.15) is 5.69 Å². The van der Waals surface area contributed by atoms with E-state index in [1.54, 1.807) is 13.1 Å². The molecular weight excluding hydrogens is 278 g/mol. The van der Waals surface area contributed by atoms with Crippen molar-refractivity contribution in [1.82, 2.24) is 5.32 Å². The van der Waals surface area contributed by atoms with Crippen molar-refractivity contribution in [3.8, 4) is 0 Å². The normalized spacial score (nSPS) is 18.4. The zero-order valence-corrected chi connectivity index (χ0v) is 12.0. The van der Waals surface area contributed by atoms with Gasteiger partial charge in [-0.05, 0) is 24.7 Å². The largest absolute Gasteiger partial charge is 0.382 e. The second-order valence-electron chi connectivity index (χ2n) is 4.59. The van der Waals surface area contributed by atoms with E-state index >= 15 is 0 Å². The van der Waals surface area contributed by atoms with Crippen molar-refractivity contribution < 1.29 is 9.72 Å². The van der Waals surface area contributed by atoms with E-state index in [0.29, 0.717) is 5.56 Å². The molecule has 2 N–H and O–H groups in total. The molecular formula is C13H17N3O3S. The van der Waals surface area contributed by atoms with Crippen LogP contribution in [0.4, 0.5) is 11.4 Å². The highest BCUT2D eigenvalue weighted by atomic mass is 32.2. The van der Waals surface area contributed by atoms with Crippen molar-refractivity contribution in [3.05, 3.63) is 33.9 Å². The summed E-state index contributed by atoms with van der Waals surface area (Å²) >= 11 is 1.82. The molecule has 1 aliphatic rings. The Balaban J connectivity index is 2.20. The minimum atomic E-state index is -0.487. The van der Waals surface area contributed by atoms with E-state index in [0.717, 1.165) is 24.3 Å². The summed E-state index contributed by atoms with van der Waals surface area (Å²) < 4.78 is 0. The van der Waals surface area contributed by atoms with Gasteiger partial charge in [0.2, 0.25) is 0 Å². The number of hydrogen-bond donors (Lipinski definition) is 2. The number of thioether (sulfide) groups is 1. The van der Waals surface area contributed by atoms with Gasteiger partial charge in [-0.15, -0.1) is 0 Å². The second-order valence-corrected chi connectivity index (χ2v) is 5.74. The molecule has 1 fully saturated rings. The van der Waals surface area contributed by atoms with Crippen LogP contribution in [0, 0.1) is 10.1 Å². The van der Waals surface area contributed by atoms with Crippen LogP contribution in [0.3, 0.4) is 0 Å². The predicted molar refractivity (Wildman–Crippen MR) is 80.5 cm³/mol. The molecule has 6 nitrogen and oxygen atoms in total. The van der Waals surface area contributed by atoms with E-state index in [1.165, 1.54) is 12.1 Å². The van der Waals surface area contributed by atoms with Gasteiger partial charge in [-0.2, -0.15) is 11.8 Å². The van der Waals surface area contributed by atoms with Gasteiger partial charge in [-0.1, -0.05) is 6.07 Å². The number of nitro benzene ring substituents is 1. The van der Waals surface area contributed by atoms with Gasteiger partial charge < -0.3 is 10.6 Å². The van der Waals surface area contributed by atoms with Gasteiger partial charge >= 0.3 is 0 Å². The van der Waals surface area contributed by atoms with E-state index in [-0.39, 0.29) is 23.3 Å². The first kappa shape index (κ1) is 14.6. The second kappa shape index (κ2) is 6.60. The topological polar surface area (TPSA) is 84.3 Å². The number of rotatable bonds is 4. The number of nitro groups is 1. The molecule has 20 heavy (non-hydrogen) atoms. The molecule has 1 atom stereocenters. The van der Waals surface area contributed by atoms with Crippen LogP contribution in [0.15, 0.2) is 18.2 Å². The van der Waals surface area contributed by atoms with Crippen molar-refractivity contribution in [2.24, 2.45) is 0 Å². The van der Waals surface area contributed by atoms with Crippen molar-refractivity contribution in [2.45, 2.75) is 18.9 Å². The average molecular weight is 295 g/mol. The quantitative estimate of drug-likeness (QED) is 0.657. The summed E-state index contributed by atoms with van der Waals surface area (Å²) in [4.78, 5) is 22.8. The summed E-state index contributed by atoms with van der Waals surface area (Å²) in [7, 11) is 1.58. The summed E-state index contributed by atoms with van der Waals surface area (Å²) in [6.07, 6.45) is 2.05. The number of nitrogens with one attached hydrogen (secondary N) is 2. The van der Waals surface area contributed by atoms with Crippen LogP contribution in [0.2, 0.25) is 0 Å². The van der Waals surface area contributed by atoms with Gasteiger partial charge in [0, 0.05) is 24.9 Å². The highest BCUT2D eigenvalue weighted by Gasteiger charge is 2.23. The van der Waals surface area contributed by atoms with Crippen LogP contribution < -0.4 is 10.6 Å². The molecule has 0 radical (unpaired) electrons. The number of para-hydroxylation sites is 1. The SMILES string of the molecule is CNc1c(C(=O)NC2CCCSC2)cccc1[N+](=O)[O-]. The first-order chi connectivity index (χ1) is 9.63. The highest BCUT2D eigenvalue weighted by Crippen LogP contribution is 2.28. The number of benzene rings is 1. The predicted octanol–water partition coefficient (Wildman–Crippen LogP) is 2.26. The lowest BCUT2D eigenvalue weighted by molar-refractivity contribution is -0.384. The van der Waals surface area contributed by atoms with Crippen LogP contribution in [-0.2, 0) is 0 Å². The minimum Gasteiger partial charge on any atom is -0.382 e. The molecule has 1 amide bonds. The number of hydrogen-bond acceptors (Lipinski definition) is 5. The minimum absolute atomic E-state index is 0.0850. The molecule has 0 bridgehead atoms. The molecule has 0 aliphatic carbocycles. The van der Waals surface area contributed by atoms with E-state index in [9.17, 15) is 14.9 Å². The zero-order chi connectivity index (χ0) is 14.5. The molecule has 0 spiro atoms. The number of carbonyl (C=O) groups excluding carboxylic acids is 1. The van der Waals surface area contributed by atoms with E-state index in [2.05, 4.69) is 10.6 Å². The summed E-state index contributed by atoms with van der Waals surface area (Å²) in [5.74, 6) is 1.77. The van der Waals surface area contributed by atoms with Gasteiger partial charge in [0.25, 0.3) is 11.6 Å². The Labute approximate surface area is 121 Å². The third kappa shape index (κ3) is 3.22. The number of carbonyl (C=O) groups is 1. The van der Waals surface area contributed by atoms with Crippen LogP contribution >= 0.6 is 11.8 Å². The van der Waals surface area contributed by atoms with Gasteiger partial charge in [-0.25, -0.2) is 0 Å². The Morgan fingerprint density at radius 1 is 1.50 bits per heavy atom. The maximum atomic E-state index is 12.3. The fourth-order valence-electron chi connectivity index (χ4n) is 2.26. The van der Waals surface area contributed by atoms with Crippen molar-refractivity contribution >= 4 is 29.0 Å². The molecule has 1 saturated heterocycles. The molecule has 7 heteroatoms. The molecule has 0 saturated carbocycles. The molecule has 1 aliphatic heterocycles. The lowest BCUT2D eigenvalue weighted by Gasteiger charge is -2.22. The van der Waals surface area contributed by atoms with Gasteiger partial charge in [0.05, 0.1) is 10.5 Å². The smallest absolute Gasteiger partial charge is 0.293 e. The molecule has 1 unspecified atom stereocenters. The van der Waals surface area contributed by atoms with Crippen LogP contribution in [-0.4, -0.2) is 35.4 Å². The lowest BCUT2D eigenvalue weighted by atomic mass is 10.1. The Kier molecular flexibility index (Phi) is 4.84. The number of amides is 1. The Morgan fingerprint density at radius 2 is 2.30 bits per heavy atom. The summed E-state index contributed by atoms with van der Waals surface area (Å²) in [5, 5.41) is 16.7. The van der Waals surface area contributed by atoms with Crippen molar-refractivity contribution in [2.75, 3.05) is 23.9 Å². The summed E-state index contributed by atoms with van der Waals surface area (Å²) in [6.45, 7) is 0. The fourth-order valence-corrected chi connectivity index (χ4v) is 3.33. The third-order valence-electron chi connectivity index (χ3n) is 3.23. The molecule has 108 valence electrons. The van der Waals surface area contributed by atoms with Crippen molar-refractivity contribution in [3.63, 3.8) is 0 Å². The summed E-state index contributed by atoms with van der Waals surface area (Å²) in [5.41, 5.74) is 0.494. The summed E-state index contributed by atoms with van der Waals surface area (Å²) in [6, 6.07) is 4.66. The molecule has 2 rings (SSSR count). The van der Waals surface area contributed by atoms with Crippen molar-refractivity contribution in [1.29, 1.82) is 0 Å². The van der Waals surface area contributed by atoms with Crippen LogP contribution in [0.25, 0.3) is 0 Å². The Morgan fingerprint density at radius 3 is 2.90 bits per heavy atom. The fraction of sp³-hybridized carbons (Fsp3) is 0.462. The Hall–Kier alpha value is -1.76. The molecule has 0 aromatic heterocycles. The number of nitrogens with zero attached hydrogens (tertiary/aromatic N) is 1. The van der Waals surface area contributed by atoms with Gasteiger partial charge in [0.15, 0.2) is 0 Å². The molecule has 1 aromatic rings. The first-order valence-electron chi connectivity index (χ1n) is 6.47. The van der Waals surface area contributed by atoms with E-state index < -0.39 is 4.92 Å². The standard InChI is InChI=1S/C13H17N3O3S/c1-14-12-10(5-2-6-11(12)16(18)19)13(17)15-9-4-3-7-20-8-9/h2,5-6,9,14H,3-4,7-8H2,1H3,(H,15,17). The monoisotopic (exact) mass is 295 g/mol. The average Bonchev–Trinajstić information content (AvgIpc) is 2.47. The maximum absolute atomic E-state index is 12.3. The molecule has 1 aromatic carbocycles. The van der Waals surface area contributed by atoms with Crippen LogP contribution in [0.5, 0.6) is 0 Å². The van der Waals surface area contributed by atoms with E-state index in [1.807, 2.05) is 11.8 Å². The lowest BCUT2D eigenvalue weighted by Crippen LogP contribution is -2.38. The van der Waals surface area contributed by atoms with Gasteiger partial charge in [-0.3, -0.25) is 14.9 Å². The number of anilines is 1.